The number of benzene rings is 2. The number of hydrogen-bond acceptors (Lipinski definition) is 5. The zero-order valence-corrected chi connectivity index (χ0v) is 13.5. The zero-order chi connectivity index (χ0) is 16.1. The van der Waals surface area contributed by atoms with Crippen LogP contribution in [0, 0.1) is 0 Å². The Bertz CT molecular complexity index is 773. The predicted octanol–water partition coefficient (Wildman–Crippen LogP) is 2.44. The molecule has 2 aromatic carbocycles. The van der Waals surface area contributed by atoms with Gasteiger partial charge in [0.25, 0.3) is 5.91 Å². The Morgan fingerprint density at radius 2 is 1.87 bits per heavy atom. The molecule has 0 aliphatic heterocycles. The number of anilines is 1. The van der Waals surface area contributed by atoms with E-state index in [0.29, 0.717) is 5.75 Å². The van der Waals surface area contributed by atoms with E-state index in [1.807, 2.05) is 24.3 Å². The van der Waals surface area contributed by atoms with Gasteiger partial charge in [-0.1, -0.05) is 15.9 Å². The van der Waals surface area contributed by atoms with Crippen molar-refractivity contribution in [3.8, 4) is 11.4 Å². The van der Waals surface area contributed by atoms with Gasteiger partial charge in [-0.15, -0.1) is 5.10 Å². The minimum atomic E-state index is -0.225. The fourth-order valence-electron chi connectivity index (χ4n) is 1.85. The maximum absolute atomic E-state index is 11.8. The summed E-state index contributed by atoms with van der Waals surface area (Å²) < 4.78 is 7.94. The summed E-state index contributed by atoms with van der Waals surface area (Å²) in [5.74, 6) is 0.365. The fraction of sp³-hybridized carbons (Fsp3) is 0.0667. The van der Waals surface area contributed by atoms with E-state index in [9.17, 15) is 4.79 Å². The topological polar surface area (TPSA) is 81.9 Å². The number of nitrogens with zero attached hydrogens (tertiary/aromatic N) is 4. The molecule has 0 fully saturated rings. The SMILES string of the molecule is O=C(COc1ccc(-n2cnnn2)cc1)Nc1ccc(Br)cc1. The van der Waals surface area contributed by atoms with E-state index in [-0.39, 0.29) is 12.5 Å². The largest absolute Gasteiger partial charge is 0.484 e. The van der Waals surface area contributed by atoms with Gasteiger partial charge in [0, 0.05) is 10.2 Å². The van der Waals surface area contributed by atoms with Crippen LogP contribution in [0.25, 0.3) is 5.69 Å². The van der Waals surface area contributed by atoms with Crippen molar-refractivity contribution in [2.24, 2.45) is 0 Å². The first kappa shape index (κ1) is 15.2. The van der Waals surface area contributed by atoms with Crippen LogP contribution in [0.1, 0.15) is 0 Å². The van der Waals surface area contributed by atoms with Gasteiger partial charge in [-0.25, -0.2) is 4.68 Å². The minimum Gasteiger partial charge on any atom is -0.484 e. The van der Waals surface area contributed by atoms with Crippen LogP contribution in [-0.4, -0.2) is 32.7 Å². The molecule has 0 saturated carbocycles. The number of carbonyl (C=O) groups is 1. The molecule has 1 heterocycles. The van der Waals surface area contributed by atoms with Gasteiger partial charge < -0.3 is 10.1 Å². The van der Waals surface area contributed by atoms with Gasteiger partial charge in [0.15, 0.2) is 6.61 Å². The van der Waals surface area contributed by atoms with Crippen molar-refractivity contribution in [3.05, 3.63) is 59.3 Å². The zero-order valence-electron chi connectivity index (χ0n) is 11.9. The lowest BCUT2D eigenvalue weighted by Crippen LogP contribution is -2.20. The molecule has 1 amide bonds. The lowest BCUT2D eigenvalue weighted by molar-refractivity contribution is -0.118. The molecule has 0 atom stereocenters. The number of amides is 1. The molecule has 0 radical (unpaired) electrons. The predicted molar refractivity (Wildman–Crippen MR) is 87.4 cm³/mol. The third-order valence-electron chi connectivity index (χ3n) is 2.95. The van der Waals surface area contributed by atoms with Gasteiger partial charge in [0.05, 0.1) is 5.69 Å². The summed E-state index contributed by atoms with van der Waals surface area (Å²) in [5.41, 5.74) is 1.53. The fourth-order valence-corrected chi connectivity index (χ4v) is 2.12. The van der Waals surface area contributed by atoms with Gasteiger partial charge in [0.2, 0.25) is 0 Å². The average molecular weight is 374 g/mol. The molecule has 0 saturated heterocycles. The third-order valence-corrected chi connectivity index (χ3v) is 3.48. The van der Waals surface area contributed by atoms with E-state index >= 15 is 0 Å². The summed E-state index contributed by atoms with van der Waals surface area (Å²) >= 11 is 3.34. The summed E-state index contributed by atoms with van der Waals surface area (Å²) in [6, 6.07) is 14.4. The van der Waals surface area contributed by atoms with Crippen LogP contribution in [0.2, 0.25) is 0 Å². The first-order valence-electron chi connectivity index (χ1n) is 6.72. The Morgan fingerprint density at radius 1 is 1.13 bits per heavy atom. The van der Waals surface area contributed by atoms with Crippen molar-refractivity contribution in [3.63, 3.8) is 0 Å². The number of ether oxygens (including phenoxy) is 1. The first-order chi connectivity index (χ1) is 11.2. The summed E-state index contributed by atoms with van der Waals surface area (Å²) in [6.45, 7) is -0.0692. The molecule has 0 unspecified atom stereocenters. The second-order valence-electron chi connectivity index (χ2n) is 4.59. The van der Waals surface area contributed by atoms with Gasteiger partial charge in [0.1, 0.15) is 12.1 Å². The normalized spacial score (nSPS) is 10.3. The van der Waals surface area contributed by atoms with Gasteiger partial charge >= 0.3 is 0 Å². The molecule has 8 heteroatoms. The maximum Gasteiger partial charge on any atom is 0.262 e. The number of nitrogens with one attached hydrogen (secondary N) is 1. The van der Waals surface area contributed by atoms with Gasteiger partial charge in [-0.05, 0) is 59.0 Å². The lowest BCUT2D eigenvalue weighted by Gasteiger charge is -2.08. The molecule has 116 valence electrons. The molecule has 3 rings (SSSR count). The molecule has 0 spiro atoms. The lowest BCUT2D eigenvalue weighted by atomic mass is 10.3. The molecule has 7 nitrogen and oxygen atoms in total. The summed E-state index contributed by atoms with van der Waals surface area (Å²) in [7, 11) is 0. The van der Waals surface area contributed by atoms with E-state index in [0.717, 1.165) is 15.8 Å². The average Bonchev–Trinajstić information content (AvgIpc) is 3.10. The summed E-state index contributed by atoms with van der Waals surface area (Å²) in [4.78, 5) is 11.8. The minimum absolute atomic E-state index is 0.0692. The standard InChI is InChI=1S/C15H12BrN5O2/c16-11-1-3-12(4-2-11)18-15(22)9-23-14-7-5-13(6-8-14)21-10-17-19-20-21/h1-8,10H,9H2,(H,18,22). The molecular formula is C15H12BrN5O2. The van der Waals surface area contributed by atoms with Crippen molar-refractivity contribution >= 4 is 27.5 Å². The number of halogens is 1. The Labute approximate surface area is 140 Å². The maximum atomic E-state index is 11.8. The summed E-state index contributed by atoms with van der Waals surface area (Å²) in [5, 5.41) is 13.7. The molecule has 0 aliphatic rings. The van der Waals surface area contributed by atoms with Crippen molar-refractivity contribution < 1.29 is 9.53 Å². The van der Waals surface area contributed by atoms with Crippen LogP contribution < -0.4 is 10.1 Å². The van der Waals surface area contributed by atoms with Crippen LogP contribution in [0.15, 0.2) is 59.3 Å². The monoisotopic (exact) mass is 373 g/mol. The van der Waals surface area contributed by atoms with Gasteiger partial charge in [-0.2, -0.15) is 0 Å². The Kier molecular flexibility index (Phi) is 4.62. The van der Waals surface area contributed by atoms with Crippen molar-refractivity contribution in [1.82, 2.24) is 20.2 Å². The van der Waals surface area contributed by atoms with Gasteiger partial charge in [-0.3, -0.25) is 4.79 Å². The summed E-state index contributed by atoms with van der Waals surface area (Å²) in [6.07, 6.45) is 1.50. The smallest absolute Gasteiger partial charge is 0.262 e. The highest BCUT2D eigenvalue weighted by atomic mass is 79.9. The molecule has 0 aliphatic carbocycles. The molecule has 23 heavy (non-hydrogen) atoms. The van der Waals surface area contributed by atoms with Crippen molar-refractivity contribution in [1.29, 1.82) is 0 Å². The second kappa shape index (κ2) is 7.01. The van der Waals surface area contributed by atoms with Crippen LogP contribution in [0.5, 0.6) is 5.75 Å². The molecule has 1 aromatic heterocycles. The highest BCUT2D eigenvalue weighted by Crippen LogP contribution is 2.15. The van der Waals surface area contributed by atoms with E-state index in [1.54, 1.807) is 24.3 Å². The quantitative estimate of drug-likeness (QED) is 0.742. The van der Waals surface area contributed by atoms with Crippen LogP contribution in [0.4, 0.5) is 5.69 Å². The number of tetrazole rings is 1. The number of carbonyl (C=O) groups excluding carboxylic acids is 1. The third kappa shape index (κ3) is 4.13. The Morgan fingerprint density at radius 3 is 2.52 bits per heavy atom. The van der Waals surface area contributed by atoms with Crippen LogP contribution >= 0.6 is 15.9 Å². The van der Waals surface area contributed by atoms with E-state index in [4.69, 9.17) is 4.74 Å². The number of aromatic nitrogens is 4. The number of hydrogen-bond donors (Lipinski definition) is 1. The van der Waals surface area contributed by atoms with Crippen LogP contribution in [0.3, 0.4) is 0 Å². The molecule has 0 bridgehead atoms. The molecule has 3 aromatic rings. The Balaban J connectivity index is 1.53. The van der Waals surface area contributed by atoms with Crippen LogP contribution in [-0.2, 0) is 4.79 Å². The van der Waals surface area contributed by atoms with Crippen molar-refractivity contribution in [2.75, 3.05) is 11.9 Å². The van der Waals surface area contributed by atoms with E-state index in [1.165, 1.54) is 11.0 Å². The first-order valence-corrected chi connectivity index (χ1v) is 7.52. The number of rotatable bonds is 5. The Hall–Kier alpha value is -2.74. The highest BCUT2D eigenvalue weighted by Gasteiger charge is 2.04. The molecular weight excluding hydrogens is 362 g/mol. The molecule has 1 N–H and O–H groups in total. The highest BCUT2D eigenvalue weighted by molar-refractivity contribution is 9.10. The van der Waals surface area contributed by atoms with Crippen molar-refractivity contribution in [2.45, 2.75) is 0 Å². The van der Waals surface area contributed by atoms with E-state index < -0.39 is 0 Å². The second-order valence-corrected chi connectivity index (χ2v) is 5.51. The van der Waals surface area contributed by atoms with E-state index in [2.05, 4.69) is 36.8 Å².